The van der Waals surface area contributed by atoms with Gasteiger partial charge in [0.05, 0.1) is 5.69 Å². The average Bonchev–Trinajstić information content (AvgIpc) is 3.01. The first-order valence-electron chi connectivity index (χ1n) is 7.94. The molecular weight excluding hydrogens is 266 g/mol. The number of thiazole rings is 1. The number of hydrogen-bond acceptors (Lipinski definition) is 4. The summed E-state index contributed by atoms with van der Waals surface area (Å²) in [6.07, 6.45) is 4.98. The lowest BCUT2D eigenvalue weighted by Crippen LogP contribution is -2.30. The Kier molecular flexibility index (Phi) is 3.80. The lowest BCUT2D eigenvalue weighted by atomic mass is 9.76. The van der Waals surface area contributed by atoms with Gasteiger partial charge >= 0.3 is 0 Å². The number of hydrogen-bond donors (Lipinski definition) is 1. The highest BCUT2D eigenvalue weighted by molar-refractivity contribution is 7.15. The number of nitrogens with zero attached hydrogens (tertiary/aromatic N) is 2. The molecule has 2 aliphatic rings. The summed E-state index contributed by atoms with van der Waals surface area (Å²) < 4.78 is 0. The molecule has 3 rings (SSSR count). The van der Waals surface area contributed by atoms with E-state index in [0.717, 1.165) is 12.3 Å². The molecule has 20 heavy (non-hydrogen) atoms. The summed E-state index contributed by atoms with van der Waals surface area (Å²) >= 11 is 1.93. The number of fused-ring (bicyclic) bond motifs is 1. The Morgan fingerprint density at radius 2 is 2.25 bits per heavy atom. The first kappa shape index (κ1) is 14.3. The fourth-order valence-corrected chi connectivity index (χ4v) is 4.85. The monoisotopic (exact) mass is 293 g/mol. The molecule has 1 fully saturated rings. The van der Waals surface area contributed by atoms with E-state index in [9.17, 15) is 0 Å². The van der Waals surface area contributed by atoms with Crippen LogP contribution in [0, 0.1) is 11.3 Å². The van der Waals surface area contributed by atoms with Crippen LogP contribution >= 0.6 is 11.3 Å². The van der Waals surface area contributed by atoms with Crippen molar-refractivity contribution in [3.8, 4) is 0 Å². The smallest absolute Gasteiger partial charge is 0.185 e. The maximum atomic E-state index is 5.00. The summed E-state index contributed by atoms with van der Waals surface area (Å²) in [4.78, 5) is 9.00. The quantitative estimate of drug-likeness (QED) is 0.922. The molecular formula is C16H27N3S. The predicted molar refractivity (Wildman–Crippen MR) is 86.6 cm³/mol. The van der Waals surface area contributed by atoms with E-state index in [2.05, 4.69) is 38.0 Å². The van der Waals surface area contributed by atoms with Gasteiger partial charge in [-0.3, -0.25) is 0 Å². The Hall–Kier alpha value is -0.610. The van der Waals surface area contributed by atoms with Gasteiger partial charge in [0.2, 0.25) is 0 Å². The Bertz CT molecular complexity index is 480. The Balaban J connectivity index is 1.85. The normalized spacial score (nSPS) is 28.7. The lowest BCUT2D eigenvalue weighted by Gasteiger charge is -2.34. The van der Waals surface area contributed by atoms with Crippen molar-refractivity contribution in [1.82, 2.24) is 10.3 Å². The number of anilines is 1. The molecule has 112 valence electrons. The average molecular weight is 293 g/mol. The summed E-state index contributed by atoms with van der Waals surface area (Å²) in [5.41, 5.74) is 1.71. The topological polar surface area (TPSA) is 28.2 Å². The molecule has 2 atom stereocenters. The molecule has 0 spiro atoms. The van der Waals surface area contributed by atoms with Crippen molar-refractivity contribution in [3.05, 3.63) is 10.6 Å². The van der Waals surface area contributed by atoms with Gasteiger partial charge in [-0.1, -0.05) is 38.5 Å². The maximum Gasteiger partial charge on any atom is 0.185 e. The highest BCUT2D eigenvalue weighted by atomic mass is 32.1. The summed E-state index contributed by atoms with van der Waals surface area (Å²) in [6.45, 7) is 9.43. The second-order valence-electron chi connectivity index (χ2n) is 7.20. The van der Waals surface area contributed by atoms with Crippen LogP contribution in [0.4, 0.5) is 5.13 Å². The Morgan fingerprint density at radius 1 is 1.45 bits per heavy atom. The number of aromatic nitrogens is 1. The lowest BCUT2D eigenvalue weighted by molar-refractivity contribution is 0.265. The molecule has 1 aliphatic heterocycles. The number of rotatable bonds is 3. The molecule has 1 N–H and O–H groups in total. The molecule has 0 radical (unpaired) electrons. The Labute approximate surface area is 126 Å². The van der Waals surface area contributed by atoms with Gasteiger partial charge in [0.1, 0.15) is 0 Å². The second kappa shape index (κ2) is 5.30. The van der Waals surface area contributed by atoms with Gasteiger partial charge in [-0.05, 0) is 37.6 Å². The van der Waals surface area contributed by atoms with Crippen LogP contribution in [0.3, 0.4) is 0 Å². The van der Waals surface area contributed by atoms with Crippen molar-refractivity contribution < 1.29 is 0 Å². The molecule has 0 saturated carbocycles. The third kappa shape index (κ3) is 2.60. The van der Waals surface area contributed by atoms with Crippen LogP contribution in [0.25, 0.3) is 0 Å². The Morgan fingerprint density at radius 3 is 2.90 bits per heavy atom. The van der Waals surface area contributed by atoms with Crippen LogP contribution in [0.5, 0.6) is 0 Å². The minimum atomic E-state index is 0.364. The van der Waals surface area contributed by atoms with E-state index in [4.69, 9.17) is 4.98 Å². The fraction of sp³-hybridized carbons (Fsp3) is 0.812. The fourth-order valence-electron chi connectivity index (χ4n) is 3.63. The molecule has 1 aliphatic carbocycles. The van der Waals surface area contributed by atoms with E-state index in [1.165, 1.54) is 48.1 Å². The van der Waals surface area contributed by atoms with Crippen molar-refractivity contribution in [2.45, 2.75) is 52.5 Å². The van der Waals surface area contributed by atoms with Crippen molar-refractivity contribution in [3.63, 3.8) is 0 Å². The molecule has 2 unspecified atom stereocenters. The van der Waals surface area contributed by atoms with Crippen LogP contribution in [-0.2, 0) is 6.42 Å². The zero-order valence-corrected chi connectivity index (χ0v) is 14.0. The van der Waals surface area contributed by atoms with Crippen molar-refractivity contribution in [2.75, 3.05) is 25.0 Å². The molecule has 3 nitrogen and oxygen atoms in total. The van der Waals surface area contributed by atoms with Gasteiger partial charge < -0.3 is 10.2 Å². The molecule has 0 aromatic carbocycles. The minimum Gasteiger partial charge on any atom is -0.348 e. The molecule has 1 aromatic heterocycles. The van der Waals surface area contributed by atoms with Gasteiger partial charge in [-0.15, -0.1) is 0 Å². The van der Waals surface area contributed by atoms with E-state index < -0.39 is 0 Å². The summed E-state index contributed by atoms with van der Waals surface area (Å²) in [7, 11) is 2.08. The molecule has 4 heteroatoms. The van der Waals surface area contributed by atoms with Crippen LogP contribution < -0.4 is 10.2 Å². The van der Waals surface area contributed by atoms with Gasteiger partial charge in [0.15, 0.2) is 5.13 Å². The predicted octanol–water partition coefficient (Wildman–Crippen LogP) is 3.61. The van der Waals surface area contributed by atoms with E-state index in [1.54, 1.807) is 0 Å². The number of nitrogens with one attached hydrogen (secondary N) is 1. The van der Waals surface area contributed by atoms with E-state index >= 15 is 0 Å². The van der Waals surface area contributed by atoms with Gasteiger partial charge in [0.25, 0.3) is 0 Å². The van der Waals surface area contributed by atoms with Crippen molar-refractivity contribution >= 4 is 16.5 Å². The van der Waals surface area contributed by atoms with Gasteiger partial charge in [-0.25, -0.2) is 4.98 Å². The van der Waals surface area contributed by atoms with Gasteiger partial charge in [0, 0.05) is 24.0 Å². The van der Waals surface area contributed by atoms with Gasteiger partial charge in [-0.2, -0.15) is 0 Å². The largest absolute Gasteiger partial charge is 0.348 e. The zero-order valence-electron chi connectivity index (χ0n) is 13.2. The summed E-state index contributed by atoms with van der Waals surface area (Å²) in [6, 6.07) is 0.490. The molecule has 2 heterocycles. The standard InChI is InChI=1S/C16H27N3S/c1-5-11-6-7-19(10-11)15-18-13-9-16(2,3)8-12(17-4)14(13)20-15/h11-12,17H,5-10H2,1-4H3. The molecule has 0 amide bonds. The molecule has 1 aromatic rings. The first-order valence-corrected chi connectivity index (χ1v) is 8.76. The highest BCUT2D eigenvalue weighted by Gasteiger charge is 2.35. The minimum absolute atomic E-state index is 0.364. The summed E-state index contributed by atoms with van der Waals surface area (Å²) in [5.74, 6) is 0.868. The zero-order chi connectivity index (χ0) is 14.3. The molecule has 0 bridgehead atoms. The van der Waals surface area contributed by atoms with Crippen LogP contribution in [-0.4, -0.2) is 25.1 Å². The van der Waals surface area contributed by atoms with Crippen LogP contribution in [0.1, 0.15) is 56.6 Å². The van der Waals surface area contributed by atoms with E-state index in [-0.39, 0.29) is 0 Å². The SMILES string of the molecule is CCC1CCN(c2nc3c(s2)C(NC)CC(C)(C)C3)C1. The second-order valence-corrected chi connectivity index (χ2v) is 8.21. The summed E-state index contributed by atoms with van der Waals surface area (Å²) in [5, 5.41) is 4.76. The van der Waals surface area contributed by atoms with E-state index in [1.807, 2.05) is 11.3 Å². The third-order valence-corrected chi connectivity index (χ3v) is 6.19. The van der Waals surface area contributed by atoms with Crippen LogP contribution in [0.2, 0.25) is 0 Å². The maximum absolute atomic E-state index is 5.00. The van der Waals surface area contributed by atoms with Crippen LogP contribution in [0.15, 0.2) is 0 Å². The molecule has 1 saturated heterocycles. The third-order valence-electron chi connectivity index (χ3n) is 4.92. The first-order chi connectivity index (χ1) is 9.52. The van der Waals surface area contributed by atoms with E-state index in [0.29, 0.717) is 11.5 Å². The highest BCUT2D eigenvalue weighted by Crippen LogP contribution is 2.45. The van der Waals surface area contributed by atoms with Crippen molar-refractivity contribution in [2.24, 2.45) is 11.3 Å². The van der Waals surface area contributed by atoms with Crippen molar-refractivity contribution in [1.29, 1.82) is 0 Å².